The molecule has 0 aliphatic carbocycles. The SMILES string of the molecule is [c]1cnc2c(n1)NC2. The molecule has 1 N–H and O–H groups in total. The molecule has 1 aromatic heterocycles. The van der Waals surface area contributed by atoms with Gasteiger partial charge in [0.25, 0.3) is 0 Å². The maximum Gasteiger partial charge on any atom is 0.150 e. The smallest absolute Gasteiger partial charge is 0.150 e. The van der Waals surface area contributed by atoms with Crippen LogP contribution < -0.4 is 5.32 Å². The molecule has 0 fully saturated rings. The molecule has 3 nitrogen and oxygen atoms in total. The Labute approximate surface area is 46.8 Å². The zero-order valence-electron chi connectivity index (χ0n) is 4.18. The summed E-state index contributed by atoms with van der Waals surface area (Å²) >= 11 is 0. The summed E-state index contributed by atoms with van der Waals surface area (Å²) in [5.41, 5.74) is 1.05. The summed E-state index contributed by atoms with van der Waals surface area (Å²) in [6.45, 7) is 0.858. The van der Waals surface area contributed by atoms with Crippen molar-refractivity contribution in [1.82, 2.24) is 9.97 Å². The molecule has 0 spiro atoms. The number of fused-ring (bicyclic) bond motifs is 1. The third kappa shape index (κ3) is 0.332. The minimum absolute atomic E-state index is 0.858. The van der Waals surface area contributed by atoms with Crippen LogP contribution in [0.2, 0.25) is 0 Å². The van der Waals surface area contributed by atoms with Crippen LogP contribution in [0, 0.1) is 6.20 Å². The summed E-state index contributed by atoms with van der Waals surface area (Å²) < 4.78 is 0. The fraction of sp³-hybridized carbons (Fsp3) is 0.200. The molecule has 2 rings (SSSR count). The molecule has 1 aromatic rings. The van der Waals surface area contributed by atoms with E-state index in [2.05, 4.69) is 21.5 Å². The lowest BCUT2D eigenvalue weighted by molar-refractivity contribution is 0.912. The van der Waals surface area contributed by atoms with Gasteiger partial charge in [0, 0.05) is 0 Å². The van der Waals surface area contributed by atoms with Gasteiger partial charge in [-0.2, -0.15) is 0 Å². The Morgan fingerprint density at radius 3 is 3.12 bits per heavy atom. The van der Waals surface area contributed by atoms with Crippen LogP contribution in [0.1, 0.15) is 5.69 Å². The normalized spacial score (nSPS) is 13.5. The summed E-state index contributed by atoms with van der Waals surface area (Å²) in [6.07, 6.45) is 4.21. The van der Waals surface area contributed by atoms with Crippen LogP contribution in [0.4, 0.5) is 5.82 Å². The van der Waals surface area contributed by atoms with E-state index in [0.29, 0.717) is 0 Å². The van der Waals surface area contributed by atoms with Crippen molar-refractivity contribution in [1.29, 1.82) is 0 Å². The first-order chi connectivity index (χ1) is 3.97. The third-order valence-corrected chi connectivity index (χ3v) is 1.15. The zero-order chi connectivity index (χ0) is 5.40. The molecule has 0 saturated carbocycles. The van der Waals surface area contributed by atoms with Crippen LogP contribution in [0.25, 0.3) is 0 Å². The van der Waals surface area contributed by atoms with Crippen LogP contribution in [-0.2, 0) is 6.54 Å². The number of anilines is 1. The van der Waals surface area contributed by atoms with Crippen molar-refractivity contribution >= 4 is 5.82 Å². The Balaban J connectivity index is 2.62. The van der Waals surface area contributed by atoms with Gasteiger partial charge in [-0.15, -0.1) is 0 Å². The second-order valence-electron chi connectivity index (χ2n) is 1.65. The number of nitrogens with zero attached hydrogens (tertiary/aromatic N) is 2. The molecule has 0 saturated heterocycles. The number of hydrogen-bond acceptors (Lipinski definition) is 3. The van der Waals surface area contributed by atoms with E-state index in [1.54, 1.807) is 6.20 Å². The standard InChI is InChI=1S/C5H4N3/c1-2-7-5-4(6-1)3-8-5/h1H,3H2,(H,7,8). The van der Waals surface area contributed by atoms with Gasteiger partial charge in [-0.1, -0.05) is 0 Å². The van der Waals surface area contributed by atoms with Crippen molar-refractivity contribution < 1.29 is 0 Å². The monoisotopic (exact) mass is 106 g/mol. The maximum absolute atomic E-state index is 3.98. The first-order valence-corrected chi connectivity index (χ1v) is 2.42. The van der Waals surface area contributed by atoms with E-state index in [9.17, 15) is 0 Å². The highest BCUT2D eigenvalue weighted by molar-refractivity contribution is 5.48. The van der Waals surface area contributed by atoms with E-state index in [1.807, 2.05) is 0 Å². The highest BCUT2D eigenvalue weighted by Crippen LogP contribution is 2.17. The molecular formula is C5H4N3. The molecule has 0 bridgehead atoms. The average Bonchev–Trinajstić information content (AvgIpc) is 1.72. The topological polar surface area (TPSA) is 37.8 Å². The van der Waals surface area contributed by atoms with Gasteiger partial charge in [0.2, 0.25) is 0 Å². The molecule has 3 heteroatoms. The summed E-state index contributed by atoms with van der Waals surface area (Å²) in [4.78, 5) is 7.85. The number of rotatable bonds is 0. The first-order valence-electron chi connectivity index (χ1n) is 2.42. The molecule has 2 heterocycles. The Morgan fingerprint density at radius 2 is 2.75 bits per heavy atom. The average molecular weight is 106 g/mol. The minimum Gasteiger partial charge on any atom is -0.363 e. The minimum atomic E-state index is 0.858. The van der Waals surface area contributed by atoms with Crippen LogP contribution in [-0.4, -0.2) is 9.97 Å². The molecule has 39 valence electrons. The van der Waals surface area contributed by atoms with Crippen molar-refractivity contribution in [3.63, 3.8) is 0 Å². The lowest BCUT2D eigenvalue weighted by atomic mass is 10.3. The van der Waals surface area contributed by atoms with Gasteiger partial charge in [-0.05, 0) is 0 Å². The molecular weight excluding hydrogens is 102 g/mol. The van der Waals surface area contributed by atoms with Crippen LogP contribution in [0.5, 0.6) is 0 Å². The van der Waals surface area contributed by atoms with Gasteiger partial charge < -0.3 is 5.32 Å². The van der Waals surface area contributed by atoms with Gasteiger partial charge in [0.05, 0.1) is 12.7 Å². The second-order valence-corrected chi connectivity index (χ2v) is 1.65. The van der Waals surface area contributed by atoms with E-state index in [-0.39, 0.29) is 0 Å². The molecule has 1 radical (unpaired) electrons. The second kappa shape index (κ2) is 1.18. The Bertz CT molecular complexity index is 186. The van der Waals surface area contributed by atoms with E-state index in [0.717, 1.165) is 18.1 Å². The van der Waals surface area contributed by atoms with Crippen molar-refractivity contribution in [2.24, 2.45) is 0 Å². The van der Waals surface area contributed by atoms with Crippen LogP contribution >= 0.6 is 0 Å². The van der Waals surface area contributed by atoms with Crippen molar-refractivity contribution in [3.8, 4) is 0 Å². The predicted molar refractivity (Wildman–Crippen MR) is 28.2 cm³/mol. The van der Waals surface area contributed by atoms with Gasteiger partial charge in [0.15, 0.2) is 5.82 Å². The third-order valence-electron chi connectivity index (χ3n) is 1.15. The molecule has 0 amide bonds. The number of nitrogens with one attached hydrogen (secondary N) is 1. The highest BCUT2D eigenvalue weighted by atomic mass is 15.1. The summed E-state index contributed by atoms with van der Waals surface area (Å²) in [6, 6.07) is 0. The molecule has 1 aliphatic rings. The quantitative estimate of drug-likeness (QED) is 0.513. The molecule has 1 aliphatic heterocycles. The van der Waals surface area contributed by atoms with Crippen molar-refractivity contribution in [2.75, 3.05) is 5.32 Å². The fourth-order valence-corrected chi connectivity index (χ4v) is 0.658. The van der Waals surface area contributed by atoms with E-state index >= 15 is 0 Å². The maximum atomic E-state index is 3.98. The lowest BCUT2D eigenvalue weighted by Crippen LogP contribution is -2.16. The summed E-state index contributed by atoms with van der Waals surface area (Å²) in [5, 5.41) is 2.98. The molecule has 0 atom stereocenters. The van der Waals surface area contributed by atoms with Gasteiger partial charge in [-0.25, -0.2) is 4.98 Å². The predicted octanol–water partition coefficient (Wildman–Crippen LogP) is 0.202. The largest absolute Gasteiger partial charge is 0.363 e. The first kappa shape index (κ1) is 3.83. The van der Waals surface area contributed by atoms with Crippen molar-refractivity contribution in [3.05, 3.63) is 18.1 Å². The summed E-state index contributed by atoms with van der Waals surface area (Å²) in [5.74, 6) is 0.882. The number of aromatic nitrogens is 2. The van der Waals surface area contributed by atoms with E-state index in [4.69, 9.17) is 0 Å². The molecule has 0 aromatic carbocycles. The Hall–Kier alpha value is -1.12. The molecule has 0 unspecified atom stereocenters. The fourth-order valence-electron chi connectivity index (χ4n) is 0.658. The lowest BCUT2D eigenvalue weighted by Gasteiger charge is -2.16. The van der Waals surface area contributed by atoms with Gasteiger partial charge in [0.1, 0.15) is 11.9 Å². The van der Waals surface area contributed by atoms with Gasteiger partial charge in [-0.3, -0.25) is 4.98 Å². The van der Waals surface area contributed by atoms with Crippen LogP contribution in [0.15, 0.2) is 6.20 Å². The van der Waals surface area contributed by atoms with E-state index < -0.39 is 0 Å². The Kier molecular flexibility index (Phi) is 0.566. The van der Waals surface area contributed by atoms with Crippen LogP contribution in [0.3, 0.4) is 0 Å². The van der Waals surface area contributed by atoms with Gasteiger partial charge >= 0.3 is 0 Å². The van der Waals surface area contributed by atoms with E-state index in [1.165, 1.54) is 0 Å². The van der Waals surface area contributed by atoms with Crippen molar-refractivity contribution in [2.45, 2.75) is 6.54 Å². The summed E-state index contributed by atoms with van der Waals surface area (Å²) in [7, 11) is 0. The highest BCUT2D eigenvalue weighted by Gasteiger charge is 2.12. The zero-order valence-corrected chi connectivity index (χ0v) is 4.18. The Morgan fingerprint density at radius 1 is 1.75 bits per heavy atom. The number of hydrogen-bond donors (Lipinski definition) is 1. The molecule has 8 heavy (non-hydrogen) atoms.